The van der Waals surface area contributed by atoms with Crippen LogP contribution < -0.4 is 5.32 Å². The summed E-state index contributed by atoms with van der Waals surface area (Å²) in [6.45, 7) is 2.85. The Kier molecular flexibility index (Phi) is 4.47. The lowest BCUT2D eigenvalue weighted by molar-refractivity contribution is -0.383. The van der Waals surface area contributed by atoms with Crippen molar-refractivity contribution in [3.8, 4) is 0 Å². The first kappa shape index (κ1) is 15.4. The third kappa shape index (κ3) is 3.29. The van der Waals surface area contributed by atoms with Gasteiger partial charge in [0.15, 0.2) is 0 Å². The van der Waals surface area contributed by atoms with E-state index in [9.17, 15) is 10.1 Å². The molecule has 0 fully saturated rings. The topological polar surface area (TPSA) is 81.0 Å². The van der Waals surface area contributed by atoms with Gasteiger partial charge in [0, 0.05) is 53.6 Å². The van der Waals surface area contributed by atoms with E-state index in [1.165, 1.54) is 17.1 Å². The summed E-state index contributed by atoms with van der Waals surface area (Å²) in [5, 5.41) is 16.9. The molecule has 0 aliphatic heterocycles. The summed E-state index contributed by atoms with van der Waals surface area (Å²) < 4.78 is 0. The van der Waals surface area contributed by atoms with Crippen molar-refractivity contribution in [3.63, 3.8) is 0 Å². The average Bonchev–Trinajstić information content (AvgIpc) is 3.02. The molecule has 0 saturated carbocycles. The molecule has 0 spiro atoms. The fourth-order valence-corrected chi connectivity index (χ4v) is 3.28. The summed E-state index contributed by atoms with van der Waals surface area (Å²) in [6, 6.07) is 5.06. The molecule has 2 heterocycles. The SMILES string of the molecule is CCc1cnc(CCNc2ccc([N+](=O)[O-])c3cnccc23)s1. The van der Waals surface area contributed by atoms with Crippen molar-refractivity contribution in [2.45, 2.75) is 19.8 Å². The van der Waals surface area contributed by atoms with Gasteiger partial charge < -0.3 is 5.32 Å². The van der Waals surface area contributed by atoms with Crippen LogP contribution in [0.3, 0.4) is 0 Å². The molecule has 6 nitrogen and oxygen atoms in total. The van der Waals surface area contributed by atoms with Gasteiger partial charge in [-0.2, -0.15) is 0 Å². The van der Waals surface area contributed by atoms with Gasteiger partial charge in [0.05, 0.1) is 15.3 Å². The van der Waals surface area contributed by atoms with Crippen LogP contribution in [0.5, 0.6) is 0 Å². The number of pyridine rings is 1. The maximum atomic E-state index is 11.1. The molecule has 2 aromatic heterocycles. The number of nitro groups is 1. The minimum Gasteiger partial charge on any atom is -0.384 e. The highest BCUT2D eigenvalue weighted by Gasteiger charge is 2.14. The molecule has 0 aliphatic rings. The van der Waals surface area contributed by atoms with Gasteiger partial charge in [-0.15, -0.1) is 11.3 Å². The lowest BCUT2D eigenvalue weighted by atomic mass is 10.1. The van der Waals surface area contributed by atoms with Crippen molar-refractivity contribution in [1.29, 1.82) is 0 Å². The lowest BCUT2D eigenvalue weighted by Gasteiger charge is -2.09. The number of rotatable bonds is 6. The number of nitro benzene ring substituents is 1. The predicted molar refractivity (Wildman–Crippen MR) is 92.1 cm³/mol. The van der Waals surface area contributed by atoms with Crippen LogP contribution in [0.4, 0.5) is 11.4 Å². The van der Waals surface area contributed by atoms with E-state index >= 15 is 0 Å². The number of nitrogens with zero attached hydrogens (tertiary/aromatic N) is 3. The number of aryl methyl sites for hydroxylation is 1. The van der Waals surface area contributed by atoms with Gasteiger partial charge in [-0.1, -0.05) is 6.92 Å². The van der Waals surface area contributed by atoms with Crippen LogP contribution in [0.2, 0.25) is 0 Å². The van der Waals surface area contributed by atoms with Crippen molar-refractivity contribution in [2.24, 2.45) is 0 Å². The first-order valence-electron chi connectivity index (χ1n) is 7.37. The number of non-ortho nitro benzene ring substituents is 1. The number of benzene rings is 1. The quantitative estimate of drug-likeness (QED) is 0.549. The second kappa shape index (κ2) is 6.70. The van der Waals surface area contributed by atoms with Crippen LogP contribution in [0.1, 0.15) is 16.8 Å². The van der Waals surface area contributed by atoms with Gasteiger partial charge in [0.25, 0.3) is 5.69 Å². The fraction of sp³-hybridized carbons (Fsp3) is 0.250. The molecule has 118 valence electrons. The third-order valence-corrected chi connectivity index (χ3v) is 4.80. The van der Waals surface area contributed by atoms with Crippen molar-refractivity contribution in [3.05, 3.63) is 56.8 Å². The molecule has 3 aromatic rings. The van der Waals surface area contributed by atoms with Gasteiger partial charge >= 0.3 is 0 Å². The minimum atomic E-state index is -0.379. The number of thiazole rings is 1. The number of hydrogen-bond donors (Lipinski definition) is 1. The van der Waals surface area contributed by atoms with Crippen LogP contribution in [0.25, 0.3) is 10.8 Å². The van der Waals surface area contributed by atoms with Crippen molar-refractivity contribution >= 4 is 33.5 Å². The first-order chi connectivity index (χ1) is 11.2. The van der Waals surface area contributed by atoms with Gasteiger partial charge in [-0.3, -0.25) is 15.1 Å². The zero-order valence-electron chi connectivity index (χ0n) is 12.7. The molecule has 0 amide bonds. The Morgan fingerprint density at radius 1 is 1.26 bits per heavy atom. The molecule has 0 atom stereocenters. The number of hydrogen-bond acceptors (Lipinski definition) is 6. The first-order valence-corrected chi connectivity index (χ1v) is 8.19. The van der Waals surface area contributed by atoms with E-state index in [-0.39, 0.29) is 10.6 Å². The molecule has 0 unspecified atom stereocenters. The highest BCUT2D eigenvalue weighted by atomic mass is 32.1. The Hall–Kier alpha value is -2.54. The van der Waals surface area contributed by atoms with Gasteiger partial charge in [0.2, 0.25) is 0 Å². The Bertz CT molecular complexity index is 847. The summed E-state index contributed by atoms with van der Waals surface area (Å²) >= 11 is 1.73. The van der Waals surface area contributed by atoms with E-state index in [0.29, 0.717) is 5.39 Å². The molecule has 0 saturated heterocycles. The van der Waals surface area contributed by atoms with Crippen molar-refractivity contribution < 1.29 is 4.92 Å². The summed E-state index contributed by atoms with van der Waals surface area (Å²) in [6.07, 6.45) is 6.94. The van der Waals surface area contributed by atoms with Crippen LogP contribution in [-0.4, -0.2) is 21.4 Å². The van der Waals surface area contributed by atoms with Crippen LogP contribution >= 0.6 is 11.3 Å². The lowest BCUT2D eigenvalue weighted by Crippen LogP contribution is -2.05. The largest absolute Gasteiger partial charge is 0.384 e. The molecule has 1 aromatic carbocycles. The van der Waals surface area contributed by atoms with Crippen molar-refractivity contribution in [2.75, 3.05) is 11.9 Å². The predicted octanol–water partition coefficient (Wildman–Crippen LogP) is 3.82. The highest BCUT2D eigenvalue weighted by molar-refractivity contribution is 7.11. The zero-order valence-corrected chi connectivity index (χ0v) is 13.5. The summed E-state index contributed by atoms with van der Waals surface area (Å²) in [4.78, 5) is 20.4. The third-order valence-electron chi connectivity index (χ3n) is 3.60. The maximum Gasteiger partial charge on any atom is 0.278 e. The molecule has 3 rings (SSSR count). The highest BCUT2D eigenvalue weighted by Crippen LogP contribution is 2.30. The maximum absolute atomic E-state index is 11.1. The normalized spacial score (nSPS) is 10.8. The number of fused-ring (bicyclic) bond motifs is 1. The molecule has 0 aliphatic carbocycles. The van der Waals surface area contributed by atoms with Crippen LogP contribution in [0, 0.1) is 10.1 Å². The zero-order chi connectivity index (χ0) is 16.2. The Morgan fingerprint density at radius 3 is 2.87 bits per heavy atom. The summed E-state index contributed by atoms with van der Waals surface area (Å²) in [5.74, 6) is 0. The summed E-state index contributed by atoms with van der Waals surface area (Å²) in [7, 11) is 0. The van der Waals surface area contributed by atoms with E-state index in [2.05, 4.69) is 22.2 Å². The Labute approximate surface area is 137 Å². The second-order valence-corrected chi connectivity index (χ2v) is 6.26. The monoisotopic (exact) mass is 328 g/mol. The van der Waals surface area contributed by atoms with Gasteiger partial charge in [0.1, 0.15) is 0 Å². The molecule has 23 heavy (non-hydrogen) atoms. The second-order valence-electron chi connectivity index (χ2n) is 5.06. The molecule has 1 N–H and O–H groups in total. The van der Waals surface area contributed by atoms with Gasteiger partial charge in [-0.05, 0) is 18.6 Å². The number of aromatic nitrogens is 2. The van der Waals surface area contributed by atoms with E-state index in [1.54, 1.807) is 29.7 Å². The molecule has 0 radical (unpaired) electrons. The Balaban J connectivity index is 1.78. The van der Waals surface area contributed by atoms with E-state index < -0.39 is 0 Å². The summed E-state index contributed by atoms with van der Waals surface area (Å²) in [5.41, 5.74) is 0.950. The fourth-order valence-electron chi connectivity index (χ4n) is 2.42. The van der Waals surface area contributed by atoms with Crippen LogP contribution in [-0.2, 0) is 12.8 Å². The molecule has 0 bridgehead atoms. The smallest absolute Gasteiger partial charge is 0.278 e. The van der Waals surface area contributed by atoms with Crippen molar-refractivity contribution in [1.82, 2.24) is 9.97 Å². The average molecular weight is 328 g/mol. The van der Waals surface area contributed by atoms with E-state index in [4.69, 9.17) is 0 Å². The molecular formula is C16H16N4O2S. The van der Waals surface area contributed by atoms with E-state index in [0.717, 1.165) is 35.5 Å². The van der Waals surface area contributed by atoms with E-state index in [1.807, 2.05) is 6.20 Å². The number of nitrogens with one attached hydrogen (secondary N) is 1. The molecular weight excluding hydrogens is 312 g/mol. The Morgan fingerprint density at radius 2 is 2.13 bits per heavy atom. The number of anilines is 1. The standard InChI is InChI=1S/C16H16N4O2S/c1-2-11-9-19-16(23-11)6-8-18-14-3-4-15(20(21)22)13-10-17-7-5-12(13)14/h3-5,7,9-10,18H,2,6,8H2,1H3. The molecule has 7 heteroatoms. The minimum absolute atomic E-state index is 0.0751. The van der Waals surface area contributed by atoms with Crippen LogP contribution in [0.15, 0.2) is 36.8 Å². The van der Waals surface area contributed by atoms with Gasteiger partial charge in [-0.25, -0.2) is 4.98 Å².